The van der Waals surface area contributed by atoms with Gasteiger partial charge in [-0.25, -0.2) is 0 Å². The number of alkyl halides is 25. The third-order valence-corrected chi connectivity index (χ3v) is 8.19. The average Bonchev–Trinajstić information content (AvgIpc) is 3.10. The molecule has 0 amide bonds. The van der Waals surface area contributed by atoms with E-state index >= 15 is 0 Å². The lowest BCUT2D eigenvalue weighted by Gasteiger charge is -2.40. The Morgan fingerprint density at radius 2 is 0.660 bits per heavy atom. The Morgan fingerprint density at radius 3 is 0.900 bits per heavy atom. The minimum Gasteiger partial charge on any atom is -0.311 e. The van der Waals surface area contributed by atoms with Gasteiger partial charge in [-0.2, -0.15) is 110 Å². The standard InChI is InChI=1S/C20H13F25N2S3/c1-9(21,22)12(27,28)15(33,34)16(35,36)13(29,30)10(23,24)2-4-46-6(48)7(49)47(8(46)50)5-3-11(25,26)14(31,32)17(37,38)18(39,40)19(41,42)20(43,44)45/h48-49H,2-5H2,1H3. The largest absolute Gasteiger partial charge is 0.460 e. The minimum absolute atomic E-state index is 0.196. The number of hydrogen-bond donors (Lipinski definition) is 2. The predicted octanol–water partition coefficient (Wildman–Crippen LogP) is 10.9. The van der Waals surface area contributed by atoms with Gasteiger partial charge < -0.3 is 9.13 Å². The smallest absolute Gasteiger partial charge is 0.311 e. The molecule has 0 saturated carbocycles. The van der Waals surface area contributed by atoms with Crippen LogP contribution in [0, 0.1) is 4.77 Å². The summed E-state index contributed by atoms with van der Waals surface area (Å²) in [5, 5.41) is -2.36. The van der Waals surface area contributed by atoms with Crippen molar-refractivity contribution >= 4 is 37.5 Å². The van der Waals surface area contributed by atoms with Crippen LogP contribution >= 0.6 is 37.5 Å². The van der Waals surface area contributed by atoms with Crippen LogP contribution in [0.2, 0.25) is 0 Å². The quantitative estimate of drug-likeness (QED) is 0.102. The van der Waals surface area contributed by atoms with Crippen LogP contribution in [0.15, 0.2) is 10.1 Å². The summed E-state index contributed by atoms with van der Waals surface area (Å²) in [7, 11) is 0. The van der Waals surface area contributed by atoms with E-state index < -0.39 is 119 Å². The molecule has 0 aliphatic rings. The van der Waals surface area contributed by atoms with Crippen molar-refractivity contribution in [3.05, 3.63) is 4.77 Å². The van der Waals surface area contributed by atoms with Crippen molar-refractivity contribution in [1.29, 1.82) is 0 Å². The Hall–Kier alpha value is -1.62. The van der Waals surface area contributed by atoms with Crippen molar-refractivity contribution in [3.63, 3.8) is 0 Å². The minimum atomic E-state index is -8.26. The molecule has 0 radical (unpaired) electrons. The van der Waals surface area contributed by atoms with E-state index in [1.807, 2.05) is 0 Å². The molecule has 1 heterocycles. The fourth-order valence-electron chi connectivity index (χ4n) is 3.49. The van der Waals surface area contributed by atoms with Gasteiger partial charge in [-0.15, -0.1) is 25.3 Å². The number of aromatic nitrogens is 2. The molecule has 0 saturated heterocycles. The van der Waals surface area contributed by atoms with E-state index in [0.29, 0.717) is 0 Å². The highest BCUT2D eigenvalue weighted by atomic mass is 32.1. The fraction of sp³-hybridized carbons (Fsp3) is 0.850. The zero-order chi connectivity index (χ0) is 40.7. The Kier molecular flexibility index (Phi) is 11.8. The molecule has 1 aromatic rings. The van der Waals surface area contributed by atoms with Crippen LogP contribution in [0.25, 0.3) is 0 Å². The van der Waals surface area contributed by atoms with Crippen LogP contribution < -0.4 is 0 Å². The number of nitrogens with zero attached hydrogens (tertiary/aromatic N) is 2. The third-order valence-electron chi connectivity index (χ3n) is 6.66. The van der Waals surface area contributed by atoms with Crippen LogP contribution in [-0.4, -0.2) is 80.5 Å². The van der Waals surface area contributed by atoms with E-state index in [0.717, 1.165) is 0 Å². The second-order valence-electron chi connectivity index (χ2n) is 10.1. The first kappa shape index (κ1) is 46.4. The molecule has 0 unspecified atom stereocenters. The number of thiol groups is 2. The normalized spacial score (nSPS) is 16.0. The molecule has 0 atom stereocenters. The van der Waals surface area contributed by atoms with Gasteiger partial charge in [0, 0.05) is 32.9 Å². The highest BCUT2D eigenvalue weighted by molar-refractivity contribution is 7.83. The molecule has 0 bridgehead atoms. The second kappa shape index (κ2) is 12.8. The molecule has 2 nitrogen and oxygen atoms in total. The Morgan fingerprint density at radius 1 is 0.420 bits per heavy atom. The molecule has 30 heteroatoms. The van der Waals surface area contributed by atoms with Crippen LogP contribution in [0.3, 0.4) is 0 Å². The van der Waals surface area contributed by atoms with Gasteiger partial charge in [-0.1, -0.05) is 0 Å². The lowest BCUT2D eigenvalue weighted by atomic mass is 9.91. The summed E-state index contributed by atoms with van der Waals surface area (Å²) in [4.78, 5) is 0. The van der Waals surface area contributed by atoms with Gasteiger partial charge in [0.1, 0.15) is 10.1 Å². The molecule has 1 aromatic heterocycles. The van der Waals surface area contributed by atoms with Gasteiger partial charge in [0.2, 0.25) is 0 Å². The van der Waals surface area contributed by atoms with Gasteiger partial charge in [0.05, 0.1) is 0 Å². The Labute approximate surface area is 275 Å². The van der Waals surface area contributed by atoms with Gasteiger partial charge in [0.25, 0.3) is 0 Å². The summed E-state index contributed by atoms with van der Waals surface area (Å²) >= 11 is 11.2. The van der Waals surface area contributed by atoms with Crippen molar-refractivity contribution in [2.45, 2.75) is 114 Å². The predicted molar refractivity (Wildman–Crippen MR) is 123 cm³/mol. The maximum atomic E-state index is 14.2. The number of halogens is 25. The zero-order valence-corrected chi connectivity index (χ0v) is 25.6. The van der Waals surface area contributed by atoms with Gasteiger partial charge >= 0.3 is 71.3 Å². The van der Waals surface area contributed by atoms with Crippen molar-refractivity contribution in [1.82, 2.24) is 9.13 Å². The molecule has 0 spiro atoms. The van der Waals surface area contributed by atoms with E-state index in [2.05, 4.69) is 37.5 Å². The summed E-state index contributed by atoms with van der Waals surface area (Å²) in [5.41, 5.74) is 0. The monoisotopic (exact) mass is 852 g/mol. The van der Waals surface area contributed by atoms with Crippen molar-refractivity contribution in [2.75, 3.05) is 0 Å². The molecule has 0 fully saturated rings. The van der Waals surface area contributed by atoms with E-state index in [1.165, 1.54) is 0 Å². The Bertz CT molecular complexity index is 1340. The maximum absolute atomic E-state index is 14.2. The van der Waals surface area contributed by atoms with E-state index in [4.69, 9.17) is 0 Å². The average molecular weight is 852 g/mol. The first-order valence-electron chi connectivity index (χ1n) is 11.9. The third kappa shape index (κ3) is 6.59. The van der Waals surface area contributed by atoms with Crippen molar-refractivity contribution in [2.24, 2.45) is 0 Å². The topological polar surface area (TPSA) is 9.86 Å². The summed E-state index contributed by atoms with van der Waals surface area (Å²) in [5.74, 6) is -82.8. The lowest BCUT2D eigenvalue weighted by molar-refractivity contribution is -0.440. The summed E-state index contributed by atoms with van der Waals surface area (Å²) in [6.07, 6.45) is -13.7. The molecule has 50 heavy (non-hydrogen) atoms. The molecule has 0 aliphatic carbocycles. The molecule has 0 N–H and O–H groups in total. The van der Waals surface area contributed by atoms with Crippen molar-refractivity contribution < 1.29 is 110 Å². The molecular weight excluding hydrogens is 839 g/mol. The molecular formula is C20H13F25N2S3. The lowest BCUT2D eigenvalue weighted by Crippen LogP contribution is -2.70. The van der Waals surface area contributed by atoms with Crippen LogP contribution in [0.1, 0.15) is 19.8 Å². The summed E-state index contributed by atoms with van der Waals surface area (Å²) in [6, 6.07) is 0. The van der Waals surface area contributed by atoms with Crippen LogP contribution in [0.4, 0.5) is 110 Å². The zero-order valence-electron chi connectivity index (χ0n) is 23.0. The highest BCUT2D eigenvalue weighted by Crippen LogP contribution is 2.62. The van der Waals surface area contributed by atoms with Crippen LogP contribution in [-0.2, 0) is 13.1 Å². The molecule has 1 rings (SSSR count). The highest BCUT2D eigenvalue weighted by Gasteiger charge is 2.91. The molecule has 0 aromatic carbocycles. The van der Waals surface area contributed by atoms with E-state index in [1.54, 1.807) is 0 Å². The van der Waals surface area contributed by atoms with Gasteiger partial charge in [0.15, 0.2) is 4.77 Å². The van der Waals surface area contributed by atoms with Crippen molar-refractivity contribution in [3.8, 4) is 0 Å². The van der Waals surface area contributed by atoms with Crippen LogP contribution in [0.5, 0.6) is 0 Å². The summed E-state index contributed by atoms with van der Waals surface area (Å²) in [6.45, 7) is -5.32. The maximum Gasteiger partial charge on any atom is 0.460 e. The number of imidazole rings is 1. The van der Waals surface area contributed by atoms with Gasteiger partial charge in [-0.05, 0) is 12.2 Å². The molecule has 296 valence electrons. The Balaban J connectivity index is 3.48. The van der Waals surface area contributed by atoms with E-state index in [9.17, 15) is 110 Å². The first-order chi connectivity index (χ1) is 21.4. The summed E-state index contributed by atoms with van der Waals surface area (Å²) < 4.78 is 335. The molecule has 0 aliphatic heterocycles. The fourth-order valence-corrected chi connectivity index (χ4v) is 4.62. The second-order valence-corrected chi connectivity index (χ2v) is 11.3. The number of rotatable bonds is 15. The first-order valence-corrected chi connectivity index (χ1v) is 13.2. The van der Waals surface area contributed by atoms with E-state index in [-0.39, 0.29) is 9.13 Å². The SMILES string of the molecule is CC(F)(F)C(F)(F)C(F)(F)C(F)(F)C(F)(F)C(F)(F)CCn1c(S)c(S)n(CCC(F)(F)C(F)(F)C(F)(F)C(F)(F)C(F)(F)C(F)(F)F)c1=S. The van der Waals surface area contributed by atoms with Gasteiger partial charge in [-0.3, -0.25) is 0 Å². The number of hydrogen-bond acceptors (Lipinski definition) is 3.